The van der Waals surface area contributed by atoms with Crippen LogP contribution in [0.25, 0.3) is 0 Å². The predicted molar refractivity (Wildman–Crippen MR) is 71.3 cm³/mol. The summed E-state index contributed by atoms with van der Waals surface area (Å²) in [5, 5.41) is 3.92. The Morgan fingerprint density at radius 2 is 2.12 bits per heavy atom. The highest BCUT2D eigenvalue weighted by atomic mass is 35.5. The molecule has 0 aromatic heterocycles. The second-order valence-corrected chi connectivity index (χ2v) is 4.75. The molecule has 1 rings (SSSR count). The van der Waals surface area contributed by atoms with Crippen LogP contribution >= 0.6 is 23.2 Å². The fourth-order valence-electron chi connectivity index (χ4n) is 1.44. The SMILES string of the molecule is CC[C@@H](N)C(=O)NC(C)c1ccc(Cl)cc1Cl. The molecule has 0 fully saturated rings. The van der Waals surface area contributed by atoms with E-state index >= 15 is 0 Å². The number of amides is 1. The van der Waals surface area contributed by atoms with Crippen LogP contribution in [0.1, 0.15) is 31.9 Å². The van der Waals surface area contributed by atoms with E-state index in [2.05, 4.69) is 5.32 Å². The Balaban J connectivity index is 2.76. The highest BCUT2D eigenvalue weighted by Gasteiger charge is 2.16. The van der Waals surface area contributed by atoms with Crippen molar-refractivity contribution in [2.24, 2.45) is 5.73 Å². The molecule has 3 nitrogen and oxygen atoms in total. The van der Waals surface area contributed by atoms with Gasteiger partial charge < -0.3 is 11.1 Å². The lowest BCUT2D eigenvalue weighted by molar-refractivity contribution is -0.123. The molecule has 1 aromatic rings. The van der Waals surface area contributed by atoms with E-state index in [0.29, 0.717) is 16.5 Å². The number of benzene rings is 1. The van der Waals surface area contributed by atoms with Crippen LogP contribution in [0.15, 0.2) is 18.2 Å². The van der Waals surface area contributed by atoms with Gasteiger partial charge in [-0.05, 0) is 31.0 Å². The third-order valence-corrected chi connectivity index (χ3v) is 3.13. The molecule has 0 heterocycles. The smallest absolute Gasteiger partial charge is 0.237 e. The van der Waals surface area contributed by atoms with E-state index < -0.39 is 6.04 Å². The third-order valence-electron chi connectivity index (χ3n) is 2.56. The fraction of sp³-hybridized carbons (Fsp3) is 0.417. The van der Waals surface area contributed by atoms with Crippen LogP contribution in [0.5, 0.6) is 0 Å². The molecule has 94 valence electrons. The number of hydrogen-bond acceptors (Lipinski definition) is 2. The van der Waals surface area contributed by atoms with Crippen molar-refractivity contribution in [2.75, 3.05) is 0 Å². The number of hydrogen-bond donors (Lipinski definition) is 2. The van der Waals surface area contributed by atoms with Crippen LogP contribution in [-0.2, 0) is 4.79 Å². The van der Waals surface area contributed by atoms with Crippen molar-refractivity contribution in [2.45, 2.75) is 32.4 Å². The average Bonchev–Trinajstić information content (AvgIpc) is 2.27. The summed E-state index contributed by atoms with van der Waals surface area (Å²) in [7, 11) is 0. The van der Waals surface area contributed by atoms with Crippen LogP contribution in [0, 0.1) is 0 Å². The van der Waals surface area contributed by atoms with Crippen LogP contribution in [-0.4, -0.2) is 11.9 Å². The second kappa shape index (κ2) is 6.24. The summed E-state index contributed by atoms with van der Waals surface area (Å²) in [6.07, 6.45) is 0.604. The Kier molecular flexibility index (Phi) is 5.25. The van der Waals surface area contributed by atoms with E-state index in [1.54, 1.807) is 18.2 Å². The molecule has 1 unspecified atom stereocenters. The fourth-order valence-corrected chi connectivity index (χ4v) is 2.01. The monoisotopic (exact) mass is 274 g/mol. The number of nitrogens with one attached hydrogen (secondary N) is 1. The summed E-state index contributed by atoms with van der Waals surface area (Å²) in [4.78, 5) is 11.6. The van der Waals surface area contributed by atoms with Gasteiger partial charge >= 0.3 is 0 Å². The van der Waals surface area contributed by atoms with Gasteiger partial charge in [-0.25, -0.2) is 0 Å². The summed E-state index contributed by atoms with van der Waals surface area (Å²) in [6, 6.07) is 4.52. The number of carbonyl (C=O) groups excluding carboxylic acids is 1. The molecule has 3 N–H and O–H groups in total. The number of rotatable bonds is 4. The van der Waals surface area contributed by atoms with Gasteiger partial charge in [0.2, 0.25) is 5.91 Å². The molecule has 0 aliphatic heterocycles. The Morgan fingerprint density at radius 3 is 2.65 bits per heavy atom. The summed E-state index contributed by atoms with van der Waals surface area (Å²) < 4.78 is 0. The molecule has 0 spiro atoms. The summed E-state index contributed by atoms with van der Waals surface area (Å²) in [5.41, 5.74) is 6.47. The Labute approximate surface area is 111 Å². The van der Waals surface area contributed by atoms with E-state index in [4.69, 9.17) is 28.9 Å². The predicted octanol–water partition coefficient (Wildman–Crippen LogP) is 2.91. The summed E-state index contributed by atoms with van der Waals surface area (Å²) in [6.45, 7) is 3.72. The van der Waals surface area contributed by atoms with Crippen molar-refractivity contribution in [3.63, 3.8) is 0 Å². The van der Waals surface area contributed by atoms with E-state index in [0.717, 1.165) is 5.56 Å². The highest BCUT2D eigenvalue weighted by molar-refractivity contribution is 6.35. The van der Waals surface area contributed by atoms with E-state index in [1.165, 1.54) is 0 Å². The first-order valence-electron chi connectivity index (χ1n) is 5.46. The lowest BCUT2D eigenvalue weighted by Crippen LogP contribution is -2.41. The maximum Gasteiger partial charge on any atom is 0.237 e. The van der Waals surface area contributed by atoms with Crippen molar-refractivity contribution >= 4 is 29.1 Å². The van der Waals surface area contributed by atoms with E-state index in [-0.39, 0.29) is 11.9 Å². The maximum atomic E-state index is 11.6. The first-order chi connectivity index (χ1) is 7.95. The second-order valence-electron chi connectivity index (χ2n) is 3.91. The van der Waals surface area contributed by atoms with Crippen LogP contribution < -0.4 is 11.1 Å². The maximum absolute atomic E-state index is 11.6. The van der Waals surface area contributed by atoms with Gasteiger partial charge in [0.1, 0.15) is 0 Å². The van der Waals surface area contributed by atoms with Crippen LogP contribution in [0.2, 0.25) is 10.0 Å². The molecule has 0 saturated carbocycles. The number of nitrogens with two attached hydrogens (primary N) is 1. The van der Waals surface area contributed by atoms with Crippen molar-refractivity contribution < 1.29 is 4.79 Å². The van der Waals surface area contributed by atoms with Crippen LogP contribution in [0.4, 0.5) is 0 Å². The molecular weight excluding hydrogens is 259 g/mol. The lowest BCUT2D eigenvalue weighted by atomic mass is 10.1. The molecule has 0 aliphatic rings. The van der Waals surface area contributed by atoms with Gasteiger partial charge in [-0.2, -0.15) is 0 Å². The quantitative estimate of drug-likeness (QED) is 0.887. The summed E-state index contributed by atoms with van der Waals surface area (Å²) in [5.74, 6) is -0.175. The molecule has 2 atom stereocenters. The molecule has 0 bridgehead atoms. The zero-order valence-electron chi connectivity index (χ0n) is 9.84. The summed E-state index contributed by atoms with van der Waals surface area (Å²) >= 11 is 11.9. The minimum atomic E-state index is -0.483. The number of carbonyl (C=O) groups is 1. The van der Waals surface area contributed by atoms with Crippen molar-refractivity contribution in [3.05, 3.63) is 33.8 Å². The van der Waals surface area contributed by atoms with Crippen molar-refractivity contribution in [1.82, 2.24) is 5.32 Å². The molecule has 1 aromatic carbocycles. The van der Waals surface area contributed by atoms with Gasteiger partial charge in [-0.1, -0.05) is 36.2 Å². The zero-order valence-corrected chi connectivity index (χ0v) is 11.3. The van der Waals surface area contributed by atoms with E-state index in [9.17, 15) is 4.79 Å². The standard InChI is InChI=1S/C12H16Cl2N2O/c1-3-11(15)12(17)16-7(2)9-5-4-8(13)6-10(9)14/h4-7,11H,3,15H2,1-2H3,(H,16,17)/t7?,11-/m1/s1. The topological polar surface area (TPSA) is 55.1 Å². The van der Waals surface area contributed by atoms with Gasteiger partial charge in [0.05, 0.1) is 12.1 Å². The Morgan fingerprint density at radius 1 is 1.47 bits per heavy atom. The molecule has 17 heavy (non-hydrogen) atoms. The van der Waals surface area contributed by atoms with Crippen molar-refractivity contribution in [1.29, 1.82) is 0 Å². The number of halogens is 2. The Bertz CT molecular complexity index is 409. The van der Waals surface area contributed by atoms with Gasteiger partial charge in [0.25, 0.3) is 0 Å². The molecular formula is C12H16Cl2N2O. The van der Waals surface area contributed by atoms with E-state index in [1.807, 2.05) is 13.8 Å². The first-order valence-corrected chi connectivity index (χ1v) is 6.22. The zero-order chi connectivity index (χ0) is 13.0. The molecule has 0 radical (unpaired) electrons. The third kappa shape index (κ3) is 3.87. The lowest BCUT2D eigenvalue weighted by Gasteiger charge is -2.18. The normalized spacial score (nSPS) is 14.2. The largest absolute Gasteiger partial charge is 0.348 e. The molecule has 0 saturated heterocycles. The van der Waals surface area contributed by atoms with Crippen LogP contribution in [0.3, 0.4) is 0 Å². The van der Waals surface area contributed by atoms with Crippen molar-refractivity contribution in [3.8, 4) is 0 Å². The minimum absolute atomic E-state index is 0.175. The van der Waals surface area contributed by atoms with Gasteiger partial charge in [-0.3, -0.25) is 4.79 Å². The van der Waals surface area contributed by atoms with Gasteiger partial charge in [0.15, 0.2) is 0 Å². The first kappa shape index (κ1) is 14.3. The highest BCUT2D eigenvalue weighted by Crippen LogP contribution is 2.26. The minimum Gasteiger partial charge on any atom is -0.348 e. The molecule has 1 amide bonds. The van der Waals surface area contributed by atoms with Gasteiger partial charge in [-0.15, -0.1) is 0 Å². The molecule has 5 heteroatoms. The Hall–Kier alpha value is -0.770. The van der Waals surface area contributed by atoms with Gasteiger partial charge in [0, 0.05) is 10.0 Å². The molecule has 0 aliphatic carbocycles. The average molecular weight is 275 g/mol.